The van der Waals surface area contributed by atoms with Crippen LogP contribution in [-0.4, -0.2) is 55.0 Å². The van der Waals surface area contributed by atoms with Crippen molar-refractivity contribution in [2.45, 2.75) is 43.2 Å². The first-order chi connectivity index (χ1) is 15.9. The van der Waals surface area contributed by atoms with Crippen LogP contribution in [0, 0.1) is 12.8 Å². The van der Waals surface area contributed by atoms with Crippen LogP contribution in [0.5, 0.6) is 0 Å². The number of aliphatic imine (C=N–C) groups is 1. The van der Waals surface area contributed by atoms with Gasteiger partial charge in [-0.15, -0.1) is 0 Å². The molecule has 5 rings (SSSR count). The van der Waals surface area contributed by atoms with E-state index in [1.54, 1.807) is 28.6 Å². The Labute approximate surface area is 199 Å². The van der Waals surface area contributed by atoms with Crippen LogP contribution in [0.25, 0.3) is 0 Å². The van der Waals surface area contributed by atoms with E-state index in [1.807, 2.05) is 17.8 Å². The number of hydrogen-bond acceptors (Lipinski definition) is 5. The minimum absolute atomic E-state index is 0.0893. The van der Waals surface area contributed by atoms with E-state index in [4.69, 9.17) is 4.99 Å². The number of nitrogens with one attached hydrogen (secondary N) is 1. The molecule has 0 radical (unpaired) electrons. The third-order valence-electron chi connectivity index (χ3n) is 6.80. The normalized spacial score (nSPS) is 25.5. The van der Waals surface area contributed by atoms with Gasteiger partial charge in [-0.25, -0.2) is 8.42 Å². The van der Waals surface area contributed by atoms with E-state index in [2.05, 4.69) is 30.4 Å². The number of benzene rings is 2. The van der Waals surface area contributed by atoms with Gasteiger partial charge in [0.25, 0.3) is 5.91 Å². The summed E-state index contributed by atoms with van der Waals surface area (Å²) in [4.78, 5) is 18.4. The molecule has 0 saturated carbocycles. The molecule has 8 heteroatoms. The highest BCUT2D eigenvalue weighted by Gasteiger charge is 2.43. The van der Waals surface area contributed by atoms with Crippen molar-refractivity contribution in [1.29, 1.82) is 0 Å². The van der Waals surface area contributed by atoms with E-state index in [0.717, 1.165) is 36.3 Å². The van der Waals surface area contributed by atoms with Crippen molar-refractivity contribution in [3.63, 3.8) is 0 Å². The lowest BCUT2D eigenvalue weighted by molar-refractivity contribution is 0.0927. The molecule has 3 unspecified atom stereocenters. The molecule has 6 nitrogen and oxygen atoms in total. The number of thioether (sulfide) groups is 1. The van der Waals surface area contributed by atoms with Gasteiger partial charge in [0, 0.05) is 41.8 Å². The van der Waals surface area contributed by atoms with Gasteiger partial charge < -0.3 is 5.32 Å². The minimum Gasteiger partial charge on any atom is -0.346 e. The molecular weight excluding hydrogens is 454 g/mol. The van der Waals surface area contributed by atoms with E-state index >= 15 is 0 Å². The van der Waals surface area contributed by atoms with Crippen LogP contribution in [0.3, 0.4) is 0 Å². The Kier molecular flexibility index (Phi) is 6.33. The van der Waals surface area contributed by atoms with Gasteiger partial charge in [0.1, 0.15) is 0 Å². The van der Waals surface area contributed by atoms with Gasteiger partial charge in [0.2, 0.25) is 10.0 Å². The van der Waals surface area contributed by atoms with Crippen LogP contribution in [0.4, 0.5) is 0 Å². The maximum absolute atomic E-state index is 13.2. The molecule has 3 aliphatic heterocycles. The monoisotopic (exact) mass is 483 g/mol. The number of aryl methyl sites for hydroxylation is 1. The Morgan fingerprint density at radius 2 is 1.85 bits per heavy atom. The largest absolute Gasteiger partial charge is 0.346 e. The van der Waals surface area contributed by atoms with Crippen LogP contribution >= 0.6 is 11.8 Å². The lowest BCUT2D eigenvalue weighted by Crippen LogP contribution is -2.43. The van der Waals surface area contributed by atoms with Gasteiger partial charge in [-0.05, 0) is 49.6 Å². The zero-order chi connectivity index (χ0) is 23.0. The van der Waals surface area contributed by atoms with Gasteiger partial charge in [-0.2, -0.15) is 16.1 Å². The maximum atomic E-state index is 13.2. The number of rotatable bonds is 5. The van der Waals surface area contributed by atoms with Crippen molar-refractivity contribution in [3.8, 4) is 0 Å². The molecule has 1 amide bonds. The van der Waals surface area contributed by atoms with Gasteiger partial charge in [0.15, 0.2) is 0 Å². The van der Waals surface area contributed by atoms with Crippen molar-refractivity contribution in [1.82, 2.24) is 9.62 Å². The van der Waals surface area contributed by atoms with Crippen molar-refractivity contribution in [2.24, 2.45) is 10.9 Å². The molecule has 3 heterocycles. The number of piperidine rings is 1. The Bertz CT molecular complexity index is 1170. The number of carbonyl (C=O) groups is 1. The zero-order valence-corrected chi connectivity index (χ0v) is 20.4. The van der Waals surface area contributed by atoms with E-state index in [9.17, 15) is 13.2 Å². The number of hydrogen-bond donors (Lipinski definition) is 1. The van der Waals surface area contributed by atoms with Crippen LogP contribution in [0.1, 0.15) is 46.8 Å². The van der Waals surface area contributed by atoms with Gasteiger partial charge in [-0.1, -0.05) is 36.2 Å². The van der Waals surface area contributed by atoms with E-state index < -0.39 is 10.0 Å². The summed E-state index contributed by atoms with van der Waals surface area (Å²) in [5, 5.41) is 3.23. The van der Waals surface area contributed by atoms with Crippen LogP contribution in [0.15, 0.2) is 58.4 Å². The fourth-order valence-electron chi connectivity index (χ4n) is 5.00. The molecule has 33 heavy (non-hydrogen) atoms. The number of amides is 1. The molecular formula is C25H29N3O3S2. The van der Waals surface area contributed by atoms with Crippen molar-refractivity contribution >= 4 is 33.4 Å². The molecule has 3 aliphatic rings. The number of nitrogens with zero attached hydrogens (tertiary/aromatic N) is 2. The number of sulfonamides is 1. The van der Waals surface area contributed by atoms with Crippen molar-refractivity contribution < 1.29 is 13.2 Å². The Hall–Kier alpha value is -2.16. The second-order valence-electron chi connectivity index (χ2n) is 9.09. The highest BCUT2D eigenvalue weighted by atomic mass is 32.2. The molecule has 3 atom stereocenters. The first-order valence-corrected chi connectivity index (χ1v) is 14.1. The molecule has 2 saturated heterocycles. The first kappa shape index (κ1) is 22.6. The van der Waals surface area contributed by atoms with Crippen LogP contribution < -0.4 is 5.32 Å². The molecule has 0 spiro atoms. The Morgan fingerprint density at radius 3 is 2.58 bits per heavy atom. The van der Waals surface area contributed by atoms with E-state index in [0.29, 0.717) is 18.7 Å². The number of carbonyl (C=O) groups excluding carboxylic acids is 1. The van der Waals surface area contributed by atoms with Crippen molar-refractivity contribution in [2.75, 3.05) is 24.6 Å². The first-order valence-electron chi connectivity index (χ1n) is 11.6. The van der Waals surface area contributed by atoms with Crippen LogP contribution in [0.2, 0.25) is 0 Å². The quantitative estimate of drug-likeness (QED) is 0.701. The average molecular weight is 484 g/mol. The molecule has 1 N–H and O–H groups in total. The fraction of sp³-hybridized carbons (Fsp3) is 0.440. The fourth-order valence-corrected chi connectivity index (χ4v) is 7.79. The molecule has 174 valence electrons. The van der Waals surface area contributed by atoms with Crippen molar-refractivity contribution in [3.05, 3.63) is 65.2 Å². The SMILES string of the molecule is Cc1cccc(C2N=C3CSCC3C2NC(=O)c2ccc(S(=O)(=O)N3CCCCC3)cc2)c1. The zero-order valence-electron chi connectivity index (χ0n) is 18.7. The smallest absolute Gasteiger partial charge is 0.251 e. The third-order valence-corrected chi connectivity index (χ3v) is 9.81. The van der Waals surface area contributed by atoms with Gasteiger partial charge in [-0.3, -0.25) is 9.79 Å². The standard InChI is InChI=1S/C25H29N3O3S2/c1-17-6-5-7-19(14-17)23-24(21-15-32-16-22(21)26-23)27-25(29)18-8-10-20(11-9-18)33(30,31)28-12-3-2-4-13-28/h5-11,14,21,23-24H,2-4,12-13,15-16H2,1H3,(H,27,29). The summed E-state index contributed by atoms with van der Waals surface area (Å²) in [5.41, 5.74) is 3.94. The summed E-state index contributed by atoms with van der Waals surface area (Å²) in [5.74, 6) is 1.93. The predicted molar refractivity (Wildman–Crippen MR) is 132 cm³/mol. The molecule has 0 aromatic heterocycles. The number of fused-ring (bicyclic) bond motifs is 1. The summed E-state index contributed by atoms with van der Waals surface area (Å²) in [6.07, 6.45) is 2.86. The summed E-state index contributed by atoms with van der Waals surface area (Å²) < 4.78 is 27.4. The molecule has 2 fully saturated rings. The second-order valence-corrected chi connectivity index (χ2v) is 12.1. The molecule has 0 aliphatic carbocycles. The highest BCUT2D eigenvalue weighted by Crippen LogP contribution is 2.40. The Morgan fingerprint density at radius 1 is 1.09 bits per heavy atom. The summed E-state index contributed by atoms with van der Waals surface area (Å²) in [7, 11) is -3.51. The Balaban J connectivity index is 1.34. The van der Waals surface area contributed by atoms with E-state index in [-0.39, 0.29) is 28.8 Å². The third kappa shape index (κ3) is 4.48. The lowest BCUT2D eigenvalue weighted by atomic mass is 9.91. The maximum Gasteiger partial charge on any atom is 0.251 e. The summed E-state index contributed by atoms with van der Waals surface area (Å²) >= 11 is 1.86. The molecule has 2 aromatic carbocycles. The second kappa shape index (κ2) is 9.24. The predicted octanol–water partition coefficient (Wildman–Crippen LogP) is 3.83. The highest BCUT2D eigenvalue weighted by molar-refractivity contribution is 8.00. The molecule has 0 bridgehead atoms. The lowest BCUT2D eigenvalue weighted by Gasteiger charge is -2.26. The average Bonchev–Trinajstić information content (AvgIpc) is 3.42. The van der Waals surface area contributed by atoms with E-state index in [1.165, 1.54) is 11.3 Å². The van der Waals surface area contributed by atoms with Gasteiger partial charge in [0.05, 0.1) is 17.0 Å². The summed E-state index contributed by atoms with van der Waals surface area (Å²) in [6.45, 7) is 3.19. The topological polar surface area (TPSA) is 78.8 Å². The minimum atomic E-state index is -3.51. The molecule has 2 aromatic rings. The van der Waals surface area contributed by atoms with Crippen LogP contribution in [-0.2, 0) is 10.0 Å². The summed E-state index contributed by atoms with van der Waals surface area (Å²) in [6, 6.07) is 14.5. The van der Waals surface area contributed by atoms with Gasteiger partial charge >= 0.3 is 0 Å².